The van der Waals surface area contributed by atoms with Crippen LogP contribution >= 0.6 is 0 Å². The number of benzene rings is 3. The third kappa shape index (κ3) is 4.47. The quantitative estimate of drug-likeness (QED) is 0.585. The van der Waals surface area contributed by atoms with Crippen molar-refractivity contribution in [3.05, 3.63) is 106 Å². The molecule has 33 heavy (non-hydrogen) atoms. The lowest BCUT2D eigenvalue weighted by Gasteiger charge is -2.19. The second-order valence-corrected chi connectivity index (χ2v) is 9.24. The summed E-state index contributed by atoms with van der Waals surface area (Å²) in [6.45, 7) is 3.58. The van der Waals surface area contributed by atoms with E-state index in [1.807, 2.05) is 6.92 Å². The Kier molecular flexibility index (Phi) is 5.69. The highest BCUT2D eigenvalue weighted by Crippen LogP contribution is 2.26. The van der Waals surface area contributed by atoms with E-state index < -0.39 is 16.0 Å². The van der Waals surface area contributed by atoms with Crippen molar-refractivity contribution in [1.82, 2.24) is 0 Å². The molecule has 0 saturated heterocycles. The van der Waals surface area contributed by atoms with Crippen LogP contribution in [-0.4, -0.2) is 31.0 Å². The van der Waals surface area contributed by atoms with E-state index in [4.69, 9.17) is 0 Å². The molecule has 0 spiro atoms. The Labute approximate surface area is 191 Å². The van der Waals surface area contributed by atoms with Gasteiger partial charge in [0.25, 0.3) is 10.0 Å². The zero-order valence-electron chi connectivity index (χ0n) is 17.9. The fourth-order valence-electron chi connectivity index (χ4n) is 3.65. The third-order valence-electron chi connectivity index (χ3n) is 5.19. The lowest BCUT2D eigenvalue weighted by Crippen LogP contribution is -2.22. The van der Waals surface area contributed by atoms with Crippen molar-refractivity contribution >= 4 is 33.2 Å². The summed E-state index contributed by atoms with van der Waals surface area (Å²) >= 11 is 0. The average Bonchev–Trinajstić information content (AvgIpc) is 2.76. The van der Waals surface area contributed by atoms with Gasteiger partial charge in [0, 0.05) is 16.8 Å². The molecule has 0 aliphatic heterocycles. The molecule has 0 bridgehead atoms. The van der Waals surface area contributed by atoms with Gasteiger partial charge in [-0.15, -0.1) is 0 Å². The van der Waals surface area contributed by atoms with Crippen molar-refractivity contribution in [3.8, 4) is 0 Å². The summed E-state index contributed by atoms with van der Waals surface area (Å²) in [6.07, 6.45) is 1.37. The van der Waals surface area contributed by atoms with Crippen LogP contribution in [0.25, 0.3) is 0 Å². The van der Waals surface area contributed by atoms with Crippen molar-refractivity contribution in [2.45, 2.75) is 18.7 Å². The summed E-state index contributed by atoms with van der Waals surface area (Å²) in [5, 5.41) is 12.1. The number of hydrogen-bond acceptors (Lipinski definition) is 5. The average molecular weight is 461 g/mol. The summed E-state index contributed by atoms with van der Waals surface area (Å²) in [4.78, 5) is 24.4. The number of allylic oxidation sites excluding steroid dienone is 2. The maximum Gasteiger partial charge on any atom is 0.335 e. The van der Waals surface area contributed by atoms with Gasteiger partial charge in [-0.1, -0.05) is 48.0 Å². The second-order valence-electron chi connectivity index (χ2n) is 7.66. The smallest absolute Gasteiger partial charge is 0.335 e. The molecule has 4 rings (SSSR count). The molecular formula is C25H20N2O5S. The van der Waals surface area contributed by atoms with Crippen molar-refractivity contribution < 1.29 is 23.1 Å². The van der Waals surface area contributed by atoms with Gasteiger partial charge in [0.2, 0.25) is 5.78 Å². The highest BCUT2D eigenvalue weighted by molar-refractivity contribution is 7.90. The van der Waals surface area contributed by atoms with Crippen LogP contribution in [0.15, 0.2) is 87.8 Å². The number of nitrogens with one attached hydrogen (secondary N) is 1. The molecule has 166 valence electrons. The van der Waals surface area contributed by atoms with Crippen LogP contribution < -0.4 is 5.32 Å². The van der Waals surface area contributed by atoms with Gasteiger partial charge in [-0.05, 0) is 49.8 Å². The van der Waals surface area contributed by atoms with Gasteiger partial charge in [0.1, 0.15) is 0 Å². The highest BCUT2D eigenvalue weighted by Gasteiger charge is 2.27. The number of fused-ring (bicyclic) bond motifs is 1. The van der Waals surface area contributed by atoms with Gasteiger partial charge in [-0.2, -0.15) is 12.8 Å². The number of hydrogen-bond donors (Lipinski definition) is 2. The molecule has 0 unspecified atom stereocenters. The van der Waals surface area contributed by atoms with Gasteiger partial charge in [0.05, 0.1) is 21.9 Å². The number of ketones is 1. The van der Waals surface area contributed by atoms with Crippen LogP contribution in [0.2, 0.25) is 0 Å². The van der Waals surface area contributed by atoms with Crippen LogP contribution in [0.5, 0.6) is 0 Å². The minimum atomic E-state index is -4.06. The van der Waals surface area contributed by atoms with Crippen LogP contribution in [0.3, 0.4) is 0 Å². The molecule has 1 aliphatic rings. The summed E-state index contributed by atoms with van der Waals surface area (Å²) in [7, 11) is -4.06. The van der Waals surface area contributed by atoms with E-state index in [-0.39, 0.29) is 27.7 Å². The monoisotopic (exact) mass is 460 g/mol. The summed E-state index contributed by atoms with van der Waals surface area (Å²) in [5.41, 5.74) is 2.84. The number of aromatic carboxylic acids is 1. The normalized spacial score (nSPS) is 14.5. The van der Waals surface area contributed by atoms with Crippen molar-refractivity contribution in [2.24, 2.45) is 4.40 Å². The predicted octanol–water partition coefficient (Wildman–Crippen LogP) is 4.37. The first-order valence-electron chi connectivity index (χ1n) is 10.0. The standard InChI is InChI=1S/C25H20N2O5S/c1-15-10-11-23(16(2)12-15)33(31,32)27-21-14-22(24(28)20-9-4-3-8-19(20)21)26-18-7-5-6-17(13-18)25(29)30/h3-14,26H,1-2H3,(H,29,30)/b27-21+. The molecule has 8 heteroatoms. The Morgan fingerprint density at radius 2 is 1.67 bits per heavy atom. The fourth-order valence-corrected chi connectivity index (χ4v) is 4.87. The van der Waals surface area contributed by atoms with Crippen LogP contribution in [0.4, 0.5) is 5.69 Å². The minimum Gasteiger partial charge on any atom is -0.478 e. The molecule has 0 heterocycles. The highest BCUT2D eigenvalue weighted by atomic mass is 32.2. The molecule has 0 aromatic heterocycles. The number of Topliss-reactive ketones (excluding diaryl/α,β-unsaturated/α-hetero) is 1. The van der Waals surface area contributed by atoms with Crippen molar-refractivity contribution in [3.63, 3.8) is 0 Å². The van der Waals surface area contributed by atoms with Gasteiger partial charge in [-0.25, -0.2) is 4.79 Å². The SMILES string of the molecule is Cc1ccc(S(=O)(=O)/N=C2\C=C(Nc3cccc(C(=O)O)c3)C(=O)c3ccccc32)c(C)c1. The molecular weight excluding hydrogens is 440 g/mol. The van der Waals surface area contributed by atoms with E-state index >= 15 is 0 Å². The zero-order valence-corrected chi connectivity index (χ0v) is 18.7. The van der Waals surface area contributed by atoms with Gasteiger partial charge in [0.15, 0.2) is 0 Å². The topological polar surface area (TPSA) is 113 Å². The number of rotatable bonds is 5. The van der Waals surface area contributed by atoms with Crippen LogP contribution in [0.1, 0.15) is 37.4 Å². The number of carbonyl (C=O) groups is 2. The fraction of sp³-hybridized carbons (Fsp3) is 0.0800. The number of carboxylic acid groups (broad SMARTS) is 1. The molecule has 3 aromatic carbocycles. The Hall–Kier alpha value is -4.04. The molecule has 0 saturated carbocycles. The van der Waals surface area contributed by atoms with Crippen molar-refractivity contribution in [2.75, 3.05) is 5.32 Å². The number of sulfonamides is 1. The molecule has 0 radical (unpaired) electrons. The molecule has 0 atom stereocenters. The number of carbonyl (C=O) groups excluding carboxylic acids is 1. The molecule has 1 aliphatic carbocycles. The second kappa shape index (κ2) is 8.48. The summed E-state index contributed by atoms with van der Waals surface area (Å²) in [6, 6.07) is 17.6. The summed E-state index contributed by atoms with van der Waals surface area (Å²) < 4.78 is 30.3. The van der Waals surface area contributed by atoms with E-state index in [1.165, 1.54) is 24.3 Å². The lowest BCUT2D eigenvalue weighted by atomic mass is 9.92. The number of anilines is 1. The van der Waals surface area contributed by atoms with Gasteiger partial charge >= 0.3 is 5.97 Å². The predicted molar refractivity (Wildman–Crippen MR) is 126 cm³/mol. The lowest BCUT2D eigenvalue weighted by molar-refractivity contribution is 0.0696. The molecule has 2 N–H and O–H groups in total. The van der Waals surface area contributed by atoms with E-state index in [9.17, 15) is 23.1 Å². The Morgan fingerprint density at radius 1 is 0.939 bits per heavy atom. The third-order valence-corrected chi connectivity index (χ3v) is 6.64. The minimum absolute atomic E-state index is 0.0515. The Morgan fingerprint density at radius 3 is 2.36 bits per heavy atom. The first-order valence-corrected chi connectivity index (χ1v) is 11.5. The molecule has 3 aromatic rings. The van der Waals surface area contributed by atoms with Crippen molar-refractivity contribution in [1.29, 1.82) is 0 Å². The first-order chi connectivity index (χ1) is 15.7. The van der Waals surface area contributed by atoms with E-state index in [2.05, 4.69) is 9.71 Å². The van der Waals surface area contributed by atoms with Gasteiger partial charge in [-0.3, -0.25) is 4.79 Å². The Balaban J connectivity index is 1.82. The first kappa shape index (κ1) is 22.2. The maximum absolute atomic E-state index is 13.1. The van der Waals surface area contributed by atoms with E-state index in [0.717, 1.165) is 5.56 Å². The van der Waals surface area contributed by atoms with Gasteiger partial charge < -0.3 is 10.4 Å². The number of carboxylic acids is 1. The number of nitrogens with zero attached hydrogens (tertiary/aromatic N) is 1. The maximum atomic E-state index is 13.1. The van der Waals surface area contributed by atoms with Crippen LogP contribution in [-0.2, 0) is 10.0 Å². The molecule has 0 fully saturated rings. The Bertz CT molecular complexity index is 1470. The largest absolute Gasteiger partial charge is 0.478 e. The zero-order chi connectivity index (χ0) is 23.8. The van der Waals surface area contributed by atoms with E-state index in [1.54, 1.807) is 55.5 Å². The summed E-state index contributed by atoms with van der Waals surface area (Å²) in [5.74, 6) is -1.45. The molecule has 0 amide bonds. The number of aryl methyl sites for hydroxylation is 2. The van der Waals surface area contributed by atoms with E-state index in [0.29, 0.717) is 22.4 Å². The molecule has 7 nitrogen and oxygen atoms in total. The van der Waals surface area contributed by atoms with Crippen LogP contribution in [0, 0.1) is 13.8 Å².